The number of thiazole rings is 1. The Morgan fingerprint density at radius 3 is 2.64 bits per heavy atom. The predicted molar refractivity (Wildman–Crippen MR) is 131 cm³/mol. The molecule has 3 aromatic rings. The summed E-state index contributed by atoms with van der Waals surface area (Å²) in [5, 5.41) is 0. The fourth-order valence-electron chi connectivity index (χ4n) is 4.07. The van der Waals surface area contributed by atoms with Gasteiger partial charge in [0, 0.05) is 13.1 Å². The summed E-state index contributed by atoms with van der Waals surface area (Å²) in [6.45, 7) is 1.99. The molecule has 1 aliphatic rings. The van der Waals surface area contributed by atoms with Gasteiger partial charge in [-0.1, -0.05) is 11.3 Å². The quantitative estimate of drug-likeness (QED) is 0.431. The highest BCUT2D eigenvalue weighted by Crippen LogP contribution is 2.26. The molecule has 0 N–H and O–H groups in total. The summed E-state index contributed by atoms with van der Waals surface area (Å²) in [6, 6.07) is 10.2. The molecule has 2 aromatic carbocycles. The number of methoxy groups -OCH3 is 1. The first-order valence-corrected chi connectivity index (χ1v) is 13.7. The summed E-state index contributed by atoms with van der Waals surface area (Å²) in [6.07, 6.45) is 0.982. The van der Waals surface area contributed by atoms with Crippen molar-refractivity contribution in [3.63, 3.8) is 0 Å². The van der Waals surface area contributed by atoms with Crippen molar-refractivity contribution >= 4 is 43.5 Å². The normalized spacial score (nSPS) is 17.3. The fourth-order valence-corrected chi connectivity index (χ4v) is 6.65. The van der Waals surface area contributed by atoms with Crippen LogP contribution in [-0.2, 0) is 30.9 Å². The number of fused-ring (bicyclic) bond motifs is 1. The van der Waals surface area contributed by atoms with Gasteiger partial charge in [-0.25, -0.2) is 12.8 Å². The Hall–Kier alpha value is -3.09. The first-order valence-electron chi connectivity index (χ1n) is 11.4. The van der Waals surface area contributed by atoms with E-state index in [9.17, 15) is 22.4 Å². The van der Waals surface area contributed by atoms with Gasteiger partial charge < -0.3 is 14.0 Å². The molecule has 0 saturated carbocycles. The van der Waals surface area contributed by atoms with E-state index in [0.29, 0.717) is 35.4 Å². The number of hydrogen-bond donors (Lipinski definition) is 0. The van der Waals surface area contributed by atoms with Crippen LogP contribution in [-0.4, -0.2) is 56.0 Å². The largest absolute Gasteiger partial charge is 0.497 e. The molecular weight excluding hydrogens is 509 g/mol. The van der Waals surface area contributed by atoms with Gasteiger partial charge in [0.25, 0.3) is 5.91 Å². The summed E-state index contributed by atoms with van der Waals surface area (Å²) < 4.78 is 53.6. The first kappa shape index (κ1) is 26.0. The number of ether oxygens (including phenoxy) is 2. The minimum atomic E-state index is -3.80. The molecule has 0 aliphatic carbocycles. The van der Waals surface area contributed by atoms with Crippen molar-refractivity contribution in [2.24, 2.45) is 10.9 Å². The van der Waals surface area contributed by atoms with Crippen molar-refractivity contribution < 1.29 is 31.9 Å². The van der Waals surface area contributed by atoms with Gasteiger partial charge in [-0.2, -0.15) is 9.30 Å². The SMILES string of the molecule is CCOC(=O)Cn1c(=NC(=O)C2CCCN(S(=O)(=O)c3ccc(OC)cc3)C2)sc2cc(F)ccc21. The summed E-state index contributed by atoms with van der Waals surface area (Å²) >= 11 is 1.08. The van der Waals surface area contributed by atoms with Crippen molar-refractivity contribution in [2.45, 2.75) is 31.2 Å². The Morgan fingerprint density at radius 2 is 1.94 bits per heavy atom. The van der Waals surface area contributed by atoms with E-state index in [1.165, 1.54) is 46.3 Å². The van der Waals surface area contributed by atoms with Crippen molar-refractivity contribution in [1.29, 1.82) is 0 Å². The topological polar surface area (TPSA) is 107 Å². The number of piperidine rings is 1. The highest BCUT2D eigenvalue weighted by molar-refractivity contribution is 7.89. The van der Waals surface area contributed by atoms with Crippen molar-refractivity contribution in [3.05, 3.63) is 53.1 Å². The maximum absolute atomic E-state index is 13.8. The van der Waals surface area contributed by atoms with Crippen LogP contribution < -0.4 is 9.54 Å². The second-order valence-electron chi connectivity index (χ2n) is 8.22. The zero-order chi connectivity index (χ0) is 25.9. The van der Waals surface area contributed by atoms with Gasteiger partial charge in [0.15, 0.2) is 4.80 Å². The van der Waals surface area contributed by atoms with Crippen LogP contribution in [0.3, 0.4) is 0 Å². The summed E-state index contributed by atoms with van der Waals surface area (Å²) in [4.78, 5) is 29.9. The summed E-state index contributed by atoms with van der Waals surface area (Å²) in [5.41, 5.74) is 0.549. The van der Waals surface area contributed by atoms with Crippen LogP contribution in [0.2, 0.25) is 0 Å². The third kappa shape index (κ3) is 5.50. The smallest absolute Gasteiger partial charge is 0.326 e. The highest BCUT2D eigenvalue weighted by Gasteiger charge is 2.33. The Kier molecular flexibility index (Phi) is 7.86. The molecule has 36 heavy (non-hydrogen) atoms. The Balaban J connectivity index is 1.62. The van der Waals surface area contributed by atoms with Gasteiger partial charge in [-0.05, 0) is 62.2 Å². The maximum Gasteiger partial charge on any atom is 0.326 e. The van der Waals surface area contributed by atoms with Crippen LogP contribution in [0.1, 0.15) is 19.8 Å². The molecule has 192 valence electrons. The number of halogens is 1. The van der Waals surface area contributed by atoms with E-state index >= 15 is 0 Å². The van der Waals surface area contributed by atoms with Crippen LogP contribution in [0, 0.1) is 11.7 Å². The first-order chi connectivity index (χ1) is 17.2. The van der Waals surface area contributed by atoms with Crippen molar-refractivity contribution in [2.75, 3.05) is 26.8 Å². The molecule has 1 saturated heterocycles. The molecule has 4 rings (SSSR count). The van der Waals surface area contributed by atoms with E-state index < -0.39 is 33.6 Å². The average Bonchev–Trinajstić information content (AvgIpc) is 3.19. The Bertz CT molecular complexity index is 1450. The van der Waals surface area contributed by atoms with E-state index in [0.717, 1.165) is 11.3 Å². The molecule has 1 fully saturated rings. The number of benzene rings is 2. The molecule has 1 aromatic heterocycles. The molecule has 1 atom stereocenters. The summed E-state index contributed by atoms with van der Waals surface area (Å²) in [7, 11) is -2.31. The van der Waals surface area contributed by atoms with E-state index in [-0.39, 0.29) is 29.4 Å². The number of amides is 1. The van der Waals surface area contributed by atoms with Crippen LogP contribution in [0.25, 0.3) is 10.2 Å². The second kappa shape index (κ2) is 10.9. The van der Waals surface area contributed by atoms with Gasteiger partial charge in [0.2, 0.25) is 10.0 Å². The van der Waals surface area contributed by atoms with Crippen molar-refractivity contribution in [1.82, 2.24) is 8.87 Å². The fraction of sp³-hybridized carbons (Fsp3) is 0.375. The molecule has 2 heterocycles. The molecule has 1 amide bonds. The number of hydrogen-bond acceptors (Lipinski definition) is 7. The molecule has 9 nitrogen and oxygen atoms in total. The molecule has 0 bridgehead atoms. The lowest BCUT2D eigenvalue weighted by Gasteiger charge is -2.30. The van der Waals surface area contributed by atoms with Gasteiger partial charge in [0.1, 0.15) is 18.1 Å². The van der Waals surface area contributed by atoms with Gasteiger partial charge in [-0.15, -0.1) is 0 Å². The summed E-state index contributed by atoms with van der Waals surface area (Å²) in [5.74, 6) is -1.56. The van der Waals surface area contributed by atoms with E-state index in [1.54, 1.807) is 19.1 Å². The monoisotopic (exact) mass is 535 g/mol. The van der Waals surface area contributed by atoms with Gasteiger partial charge in [-0.3, -0.25) is 9.59 Å². The molecule has 1 unspecified atom stereocenters. The minimum absolute atomic E-state index is 0.00586. The van der Waals surface area contributed by atoms with Crippen molar-refractivity contribution in [3.8, 4) is 5.75 Å². The third-order valence-corrected chi connectivity index (χ3v) is 8.79. The number of rotatable bonds is 7. The third-order valence-electron chi connectivity index (χ3n) is 5.87. The number of carbonyl (C=O) groups is 2. The minimum Gasteiger partial charge on any atom is -0.497 e. The Morgan fingerprint density at radius 1 is 1.19 bits per heavy atom. The van der Waals surface area contributed by atoms with Crippen LogP contribution in [0.5, 0.6) is 5.75 Å². The lowest BCUT2D eigenvalue weighted by atomic mass is 9.99. The lowest BCUT2D eigenvalue weighted by Crippen LogP contribution is -2.42. The Labute approximate surface area is 211 Å². The maximum atomic E-state index is 13.8. The number of sulfonamides is 1. The molecule has 0 radical (unpaired) electrons. The zero-order valence-electron chi connectivity index (χ0n) is 19.8. The molecule has 0 spiro atoms. The van der Waals surface area contributed by atoms with E-state index in [4.69, 9.17) is 9.47 Å². The van der Waals surface area contributed by atoms with Gasteiger partial charge >= 0.3 is 5.97 Å². The van der Waals surface area contributed by atoms with E-state index in [1.807, 2.05) is 0 Å². The molecule has 12 heteroatoms. The number of esters is 1. The predicted octanol–water partition coefficient (Wildman–Crippen LogP) is 2.94. The van der Waals surface area contributed by atoms with Crippen LogP contribution in [0.4, 0.5) is 4.39 Å². The second-order valence-corrected chi connectivity index (χ2v) is 11.2. The highest BCUT2D eigenvalue weighted by atomic mass is 32.2. The molecule has 1 aliphatic heterocycles. The standard InChI is InChI=1S/C24H26FN3O6S2/c1-3-34-22(29)15-28-20-11-6-17(25)13-21(20)35-24(28)26-23(30)16-5-4-12-27(14-16)36(31,32)19-9-7-18(33-2)8-10-19/h6-11,13,16H,3-5,12,14-15H2,1-2H3. The zero-order valence-corrected chi connectivity index (χ0v) is 21.5. The number of aromatic nitrogens is 1. The van der Waals surface area contributed by atoms with Crippen LogP contribution >= 0.6 is 11.3 Å². The van der Waals surface area contributed by atoms with Gasteiger partial charge in [0.05, 0.1) is 34.7 Å². The van der Waals surface area contributed by atoms with E-state index in [2.05, 4.69) is 4.99 Å². The number of nitrogens with zero attached hydrogens (tertiary/aromatic N) is 3. The lowest BCUT2D eigenvalue weighted by molar-refractivity contribution is -0.143. The average molecular weight is 536 g/mol. The molecular formula is C24H26FN3O6S2. The van der Waals surface area contributed by atoms with Crippen LogP contribution in [0.15, 0.2) is 52.4 Å². The number of carbonyl (C=O) groups excluding carboxylic acids is 2.